The molecule has 3 rings (SSSR count). The monoisotopic (exact) mass is 477 g/mol. The Morgan fingerprint density at radius 2 is 1.88 bits per heavy atom. The van der Waals surface area contributed by atoms with Crippen molar-refractivity contribution in [2.75, 3.05) is 18.6 Å². The lowest BCUT2D eigenvalue weighted by molar-refractivity contribution is -0.120. The summed E-state index contributed by atoms with van der Waals surface area (Å²) in [7, 11) is -3.54. The first kappa shape index (κ1) is 24.5. The number of carbonyl (C=O) groups is 2. The summed E-state index contributed by atoms with van der Waals surface area (Å²) in [4.78, 5) is 29.3. The average molecular weight is 478 g/mol. The Kier molecular flexibility index (Phi) is 6.97. The molecule has 7 nitrogen and oxygen atoms in total. The van der Waals surface area contributed by atoms with Crippen molar-refractivity contribution in [3.05, 3.63) is 70.6 Å². The lowest BCUT2D eigenvalue weighted by Gasteiger charge is -2.37. The number of alkyl halides is 2. The van der Waals surface area contributed by atoms with E-state index in [1.807, 2.05) is 38.1 Å². The third kappa shape index (κ3) is 6.01. The molecule has 0 bridgehead atoms. The zero-order valence-corrected chi connectivity index (χ0v) is 19.3. The molecule has 176 valence electrons. The summed E-state index contributed by atoms with van der Waals surface area (Å²) in [5, 5.41) is 5.42. The lowest BCUT2D eigenvalue weighted by Crippen LogP contribution is -2.49. The molecule has 2 N–H and O–H groups in total. The van der Waals surface area contributed by atoms with Crippen LogP contribution >= 0.6 is 0 Å². The van der Waals surface area contributed by atoms with Crippen molar-refractivity contribution in [3.8, 4) is 0 Å². The number of hydrogen-bond donors (Lipinski definition) is 2. The van der Waals surface area contributed by atoms with Crippen LogP contribution in [-0.4, -0.2) is 43.8 Å². The predicted molar refractivity (Wildman–Crippen MR) is 120 cm³/mol. The van der Waals surface area contributed by atoms with Crippen LogP contribution in [0.2, 0.25) is 0 Å². The Bertz CT molecular complexity index is 1190. The molecule has 1 aliphatic heterocycles. The second-order valence-electron chi connectivity index (χ2n) is 8.41. The molecule has 1 atom stereocenters. The van der Waals surface area contributed by atoms with Crippen molar-refractivity contribution in [2.24, 2.45) is 0 Å². The maximum Gasteiger partial charge on any atom is 0.265 e. The van der Waals surface area contributed by atoms with Crippen LogP contribution in [-0.2, 0) is 25.0 Å². The van der Waals surface area contributed by atoms with Gasteiger partial charge in [-0.15, -0.1) is 0 Å². The molecule has 0 aliphatic carbocycles. The number of aryl methyl sites for hydroxylation is 1. The molecule has 0 saturated carbocycles. The van der Waals surface area contributed by atoms with Crippen molar-refractivity contribution in [1.29, 1.82) is 0 Å². The van der Waals surface area contributed by atoms with E-state index < -0.39 is 39.4 Å². The number of nitrogens with zero attached hydrogens (tertiary/aromatic N) is 1. The summed E-state index contributed by atoms with van der Waals surface area (Å²) in [6, 6.07) is 10.3. The van der Waals surface area contributed by atoms with Crippen LogP contribution in [0.15, 0.2) is 48.2 Å². The number of pyridine rings is 1. The number of rotatable bonds is 7. The van der Waals surface area contributed by atoms with Gasteiger partial charge in [0.15, 0.2) is 9.84 Å². The molecular formula is C23H25F2N3O4S. The fourth-order valence-electron chi connectivity index (χ4n) is 3.68. The van der Waals surface area contributed by atoms with Crippen LogP contribution in [0, 0.1) is 6.92 Å². The Labute approximate surface area is 191 Å². The largest absolute Gasteiger partial charge is 0.351 e. The minimum absolute atomic E-state index is 0.193. The fraction of sp³-hybridized carbons (Fsp3) is 0.348. The highest BCUT2D eigenvalue weighted by Gasteiger charge is 2.38. The standard InChI is InChI=1S/C23H25F2N3O4S/c1-14-4-7-16(8-5-14)23(2)10-17(19-9-6-15(11-26-19)21(24)25)18(22(30)28-23)12-27-20(29)13-33(3,31)32/h4-9,11,21H,10,12-13H2,1-3H3,(H,27,29)(H,28,30)/t23-/m1/s1. The first-order chi connectivity index (χ1) is 15.4. The number of sulfone groups is 1. The molecule has 10 heteroatoms. The summed E-state index contributed by atoms with van der Waals surface area (Å²) in [6.07, 6.45) is -0.392. The maximum atomic E-state index is 13.1. The molecule has 33 heavy (non-hydrogen) atoms. The van der Waals surface area contributed by atoms with Gasteiger partial charge in [-0.3, -0.25) is 14.6 Å². The van der Waals surface area contributed by atoms with Gasteiger partial charge in [0.05, 0.1) is 11.2 Å². The number of carbonyl (C=O) groups excluding carboxylic acids is 2. The van der Waals surface area contributed by atoms with Crippen molar-refractivity contribution in [3.63, 3.8) is 0 Å². The van der Waals surface area contributed by atoms with Crippen LogP contribution < -0.4 is 10.6 Å². The number of benzene rings is 1. The molecule has 2 heterocycles. The van der Waals surface area contributed by atoms with Gasteiger partial charge in [0.25, 0.3) is 6.43 Å². The van der Waals surface area contributed by atoms with Gasteiger partial charge in [0, 0.05) is 36.6 Å². The number of aromatic nitrogens is 1. The van der Waals surface area contributed by atoms with E-state index in [-0.39, 0.29) is 17.7 Å². The molecule has 1 aromatic carbocycles. The fourth-order valence-corrected chi connectivity index (χ4v) is 4.26. The minimum atomic E-state index is -3.54. The zero-order valence-electron chi connectivity index (χ0n) is 18.5. The summed E-state index contributed by atoms with van der Waals surface area (Å²) in [5.41, 5.74) is 1.87. The van der Waals surface area contributed by atoms with Gasteiger partial charge in [-0.05, 0) is 37.1 Å². The van der Waals surface area contributed by atoms with Crippen LogP contribution in [0.3, 0.4) is 0 Å². The highest BCUT2D eigenvalue weighted by atomic mass is 32.2. The highest BCUT2D eigenvalue weighted by Crippen LogP contribution is 2.38. The number of hydrogen-bond acceptors (Lipinski definition) is 5. The third-order valence-electron chi connectivity index (χ3n) is 5.45. The van der Waals surface area contributed by atoms with Gasteiger partial charge in [0.2, 0.25) is 11.8 Å². The second kappa shape index (κ2) is 9.38. The molecule has 2 amide bonds. The van der Waals surface area contributed by atoms with Crippen LogP contribution in [0.5, 0.6) is 0 Å². The summed E-state index contributed by atoms with van der Waals surface area (Å²) < 4.78 is 48.7. The first-order valence-electron chi connectivity index (χ1n) is 10.2. The molecule has 0 fully saturated rings. The lowest BCUT2D eigenvalue weighted by atomic mass is 9.79. The number of halogens is 2. The van der Waals surface area contributed by atoms with E-state index in [1.165, 1.54) is 12.1 Å². The van der Waals surface area contributed by atoms with Gasteiger partial charge >= 0.3 is 0 Å². The highest BCUT2D eigenvalue weighted by molar-refractivity contribution is 7.91. The van der Waals surface area contributed by atoms with E-state index >= 15 is 0 Å². The van der Waals surface area contributed by atoms with Crippen LogP contribution in [0.25, 0.3) is 5.57 Å². The van der Waals surface area contributed by atoms with Crippen LogP contribution in [0.1, 0.15) is 42.2 Å². The Balaban J connectivity index is 2.00. The van der Waals surface area contributed by atoms with Gasteiger partial charge in [-0.1, -0.05) is 29.8 Å². The van der Waals surface area contributed by atoms with E-state index in [2.05, 4.69) is 15.6 Å². The molecular weight excluding hydrogens is 452 g/mol. The van der Waals surface area contributed by atoms with Gasteiger partial charge in [-0.2, -0.15) is 0 Å². The molecule has 0 spiro atoms. The molecule has 1 aromatic heterocycles. The quantitative estimate of drug-likeness (QED) is 0.638. The van der Waals surface area contributed by atoms with Crippen molar-refractivity contribution < 1.29 is 26.8 Å². The summed E-state index contributed by atoms with van der Waals surface area (Å²) in [5.74, 6) is -1.91. The Morgan fingerprint density at radius 1 is 1.21 bits per heavy atom. The van der Waals surface area contributed by atoms with E-state index in [1.54, 1.807) is 0 Å². The normalized spacial score (nSPS) is 18.9. The molecule has 0 unspecified atom stereocenters. The van der Waals surface area contributed by atoms with Gasteiger partial charge < -0.3 is 10.6 Å². The number of amides is 2. The van der Waals surface area contributed by atoms with Crippen molar-refractivity contribution in [2.45, 2.75) is 32.2 Å². The predicted octanol–water partition coefficient (Wildman–Crippen LogP) is 2.68. The summed E-state index contributed by atoms with van der Waals surface area (Å²) >= 11 is 0. The maximum absolute atomic E-state index is 13.1. The SMILES string of the molecule is Cc1ccc([C@@]2(C)CC(c3ccc(C(F)F)cn3)=C(CNC(=O)CS(C)(=O)=O)C(=O)N2)cc1. The molecule has 1 aliphatic rings. The zero-order chi connectivity index (χ0) is 24.4. The van der Waals surface area contributed by atoms with E-state index in [4.69, 9.17) is 0 Å². The Hall–Kier alpha value is -3.14. The van der Waals surface area contributed by atoms with Gasteiger partial charge in [0.1, 0.15) is 5.75 Å². The van der Waals surface area contributed by atoms with Crippen molar-refractivity contribution in [1.82, 2.24) is 15.6 Å². The topological polar surface area (TPSA) is 105 Å². The molecule has 0 radical (unpaired) electrons. The second-order valence-corrected chi connectivity index (χ2v) is 10.6. The van der Waals surface area contributed by atoms with E-state index in [0.717, 1.165) is 23.6 Å². The minimum Gasteiger partial charge on any atom is -0.351 e. The smallest absolute Gasteiger partial charge is 0.265 e. The molecule has 2 aromatic rings. The Morgan fingerprint density at radius 3 is 2.42 bits per heavy atom. The number of nitrogens with one attached hydrogen (secondary N) is 2. The van der Waals surface area contributed by atoms with E-state index in [0.29, 0.717) is 17.7 Å². The average Bonchev–Trinajstić information content (AvgIpc) is 2.72. The van der Waals surface area contributed by atoms with Crippen molar-refractivity contribution >= 4 is 27.2 Å². The van der Waals surface area contributed by atoms with Crippen LogP contribution in [0.4, 0.5) is 8.78 Å². The third-order valence-corrected chi connectivity index (χ3v) is 6.24. The van der Waals surface area contributed by atoms with Gasteiger partial charge in [-0.25, -0.2) is 17.2 Å². The van der Waals surface area contributed by atoms with E-state index in [9.17, 15) is 26.8 Å². The summed E-state index contributed by atoms with van der Waals surface area (Å²) in [6.45, 7) is 3.57. The molecule has 0 saturated heterocycles. The first-order valence-corrected chi connectivity index (χ1v) is 12.2.